The summed E-state index contributed by atoms with van der Waals surface area (Å²) in [6.45, 7) is 9.25. The van der Waals surface area contributed by atoms with Crippen molar-refractivity contribution in [1.29, 1.82) is 0 Å². The first-order valence-corrected chi connectivity index (χ1v) is 11.6. The molecule has 0 spiro atoms. The van der Waals surface area contributed by atoms with E-state index < -0.39 is 4.92 Å². The van der Waals surface area contributed by atoms with Crippen LogP contribution in [-0.4, -0.2) is 60.2 Å². The van der Waals surface area contributed by atoms with Crippen LogP contribution in [0.25, 0.3) is 0 Å². The van der Waals surface area contributed by atoms with E-state index in [2.05, 4.69) is 46.3 Å². The fraction of sp³-hybridized carbons (Fsp3) is 0.435. The fourth-order valence-corrected chi connectivity index (χ4v) is 4.34. The van der Waals surface area contributed by atoms with Crippen molar-refractivity contribution in [1.82, 2.24) is 10.2 Å². The van der Waals surface area contributed by atoms with Gasteiger partial charge in [0.25, 0.3) is 5.69 Å². The monoisotopic (exact) mass is 442 g/mol. The van der Waals surface area contributed by atoms with Gasteiger partial charge in [-0.05, 0) is 50.1 Å². The minimum atomic E-state index is -0.425. The molecule has 1 N–H and O–H groups in total. The van der Waals surface area contributed by atoms with Gasteiger partial charge in [-0.25, -0.2) is 0 Å². The molecule has 8 heteroatoms. The molecule has 0 radical (unpaired) electrons. The van der Waals surface area contributed by atoms with Crippen molar-refractivity contribution in [3.05, 3.63) is 64.2 Å². The Morgan fingerprint density at radius 2 is 1.87 bits per heavy atom. The Labute approximate surface area is 188 Å². The van der Waals surface area contributed by atoms with Gasteiger partial charge in [-0.3, -0.25) is 19.8 Å². The molecule has 166 valence electrons. The molecule has 1 unspecified atom stereocenters. The molecule has 2 aromatic carbocycles. The highest BCUT2D eigenvalue weighted by Gasteiger charge is 2.18. The third-order valence-corrected chi connectivity index (χ3v) is 6.45. The molecule has 1 aliphatic heterocycles. The first kappa shape index (κ1) is 23.1. The third kappa shape index (κ3) is 7.25. The summed E-state index contributed by atoms with van der Waals surface area (Å²) in [5.41, 5.74) is 2.64. The van der Waals surface area contributed by atoms with E-state index in [-0.39, 0.29) is 17.6 Å². The van der Waals surface area contributed by atoms with Crippen molar-refractivity contribution in [2.75, 3.05) is 43.4 Å². The molecule has 7 nitrogen and oxygen atoms in total. The van der Waals surface area contributed by atoms with Gasteiger partial charge < -0.3 is 10.2 Å². The van der Waals surface area contributed by atoms with E-state index in [0.717, 1.165) is 44.0 Å². The van der Waals surface area contributed by atoms with E-state index in [1.165, 1.54) is 35.1 Å². The van der Waals surface area contributed by atoms with Gasteiger partial charge in [0.1, 0.15) is 0 Å². The summed E-state index contributed by atoms with van der Waals surface area (Å²) >= 11 is 1.39. The van der Waals surface area contributed by atoms with Gasteiger partial charge in [0.2, 0.25) is 5.91 Å². The van der Waals surface area contributed by atoms with E-state index in [0.29, 0.717) is 5.75 Å². The topological polar surface area (TPSA) is 78.7 Å². The highest BCUT2D eigenvalue weighted by molar-refractivity contribution is 8.00. The molecule has 2 aromatic rings. The first-order valence-electron chi connectivity index (χ1n) is 10.6. The molecule has 31 heavy (non-hydrogen) atoms. The lowest BCUT2D eigenvalue weighted by Crippen LogP contribution is -2.47. The largest absolute Gasteiger partial charge is 0.369 e. The lowest BCUT2D eigenvalue weighted by Gasteiger charge is -2.36. The zero-order valence-electron chi connectivity index (χ0n) is 18.1. The molecular formula is C23H30N4O3S. The Balaban J connectivity index is 1.33. The van der Waals surface area contributed by atoms with Crippen molar-refractivity contribution >= 4 is 29.0 Å². The van der Waals surface area contributed by atoms with Gasteiger partial charge in [-0.15, -0.1) is 11.8 Å². The zero-order chi connectivity index (χ0) is 22.2. The maximum absolute atomic E-state index is 12.2. The van der Waals surface area contributed by atoms with Crippen molar-refractivity contribution in [3.8, 4) is 0 Å². The molecule has 1 amide bonds. The van der Waals surface area contributed by atoms with Gasteiger partial charge >= 0.3 is 0 Å². The number of nitrogens with one attached hydrogen (secondary N) is 1. The molecule has 0 saturated carbocycles. The number of carbonyl (C=O) groups is 1. The number of amides is 1. The summed E-state index contributed by atoms with van der Waals surface area (Å²) in [7, 11) is 0. The number of hydrogen-bond donors (Lipinski definition) is 1. The summed E-state index contributed by atoms with van der Waals surface area (Å²) < 4.78 is 0. The van der Waals surface area contributed by atoms with Gasteiger partial charge in [-0.1, -0.05) is 12.1 Å². The number of aryl methyl sites for hydroxylation is 1. The second kappa shape index (κ2) is 11.2. The first-order chi connectivity index (χ1) is 14.9. The minimum Gasteiger partial charge on any atom is -0.369 e. The highest BCUT2D eigenvalue weighted by atomic mass is 32.2. The third-order valence-electron chi connectivity index (χ3n) is 5.44. The normalized spacial score (nSPS) is 15.5. The molecule has 0 aromatic heterocycles. The second-order valence-electron chi connectivity index (χ2n) is 7.96. The van der Waals surface area contributed by atoms with Crippen LogP contribution in [0, 0.1) is 17.0 Å². The van der Waals surface area contributed by atoms with Crippen LogP contribution in [-0.2, 0) is 4.79 Å². The number of nitro groups is 1. The molecule has 1 fully saturated rings. The average Bonchev–Trinajstić information content (AvgIpc) is 2.77. The minimum absolute atomic E-state index is 0.0138. The molecule has 0 aliphatic carbocycles. The maximum Gasteiger partial charge on any atom is 0.269 e. The molecule has 1 saturated heterocycles. The van der Waals surface area contributed by atoms with E-state index in [1.54, 1.807) is 12.1 Å². The van der Waals surface area contributed by atoms with Crippen molar-refractivity contribution in [2.45, 2.75) is 31.2 Å². The molecule has 1 atom stereocenters. The number of carbonyl (C=O) groups excluding carboxylic acids is 1. The number of non-ortho nitro benzene ring substituents is 1. The summed E-state index contributed by atoms with van der Waals surface area (Å²) in [5.74, 6) is 0.289. The van der Waals surface area contributed by atoms with Crippen LogP contribution in [0.2, 0.25) is 0 Å². The van der Waals surface area contributed by atoms with Crippen LogP contribution in [0.4, 0.5) is 11.4 Å². The molecule has 3 rings (SSSR count). The summed E-state index contributed by atoms with van der Waals surface area (Å²) in [6.07, 6.45) is 0.915. The Hall–Kier alpha value is -2.58. The predicted octanol–water partition coefficient (Wildman–Crippen LogP) is 3.71. The van der Waals surface area contributed by atoms with Gasteiger partial charge in [0.15, 0.2) is 0 Å². The Bertz CT molecular complexity index is 883. The second-order valence-corrected chi connectivity index (χ2v) is 9.01. The Kier molecular flexibility index (Phi) is 8.31. The molecule has 0 bridgehead atoms. The van der Waals surface area contributed by atoms with Gasteiger partial charge in [-0.2, -0.15) is 0 Å². The molecular weight excluding hydrogens is 412 g/mol. The number of piperazine rings is 1. The van der Waals surface area contributed by atoms with E-state index in [9.17, 15) is 14.9 Å². The van der Waals surface area contributed by atoms with Crippen LogP contribution >= 0.6 is 11.8 Å². The SMILES string of the molecule is Cc1cccc(N2CCN(CCC(C)NC(=O)CSc3ccc([N+](=O)[O-])cc3)CC2)c1. The smallest absolute Gasteiger partial charge is 0.269 e. The number of rotatable bonds is 9. The number of nitro benzene ring substituents is 1. The average molecular weight is 443 g/mol. The fourth-order valence-electron chi connectivity index (χ4n) is 3.63. The standard InChI is InChI=1S/C23H30N4O3S/c1-18-4-3-5-21(16-18)26-14-12-25(13-15-26)11-10-19(2)24-23(28)17-31-22-8-6-20(7-9-22)27(29)30/h3-9,16,19H,10-15,17H2,1-2H3,(H,24,28). The summed E-state index contributed by atoms with van der Waals surface area (Å²) in [5, 5.41) is 13.8. The quantitative estimate of drug-likeness (QED) is 0.362. The Morgan fingerprint density at radius 3 is 2.52 bits per heavy atom. The van der Waals surface area contributed by atoms with Crippen molar-refractivity contribution in [2.24, 2.45) is 0 Å². The van der Waals surface area contributed by atoms with Crippen molar-refractivity contribution in [3.63, 3.8) is 0 Å². The number of benzene rings is 2. The molecule has 1 heterocycles. The Morgan fingerprint density at radius 1 is 1.16 bits per heavy atom. The lowest BCUT2D eigenvalue weighted by atomic mass is 10.1. The summed E-state index contributed by atoms with van der Waals surface area (Å²) in [6, 6.07) is 15.0. The van der Waals surface area contributed by atoms with E-state index >= 15 is 0 Å². The zero-order valence-corrected chi connectivity index (χ0v) is 18.9. The van der Waals surface area contributed by atoms with E-state index in [1.807, 2.05) is 6.92 Å². The molecule has 1 aliphatic rings. The summed E-state index contributed by atoms with van der Waals surface area (Å²) in [4.78, 5) is 28.2. The van der Waals surface area contributed by atoms with E-state index in [4.69, 9.17) is 0 Å². The van der Waals surface area contributed by atoms with Crippen LogP contribution in [0.1, 0.15) is 18.9 Å². The van der Waals surface area contributed by atoms with Crippen LogP contribution < -0.4 is 10.2 Å². The van der Waals surface area contributed by atoms with Crippen LogP contribution in [0.5, 0.6) is 0 Å². The van der Waals surface area contributed by atoms with Crippen molar-refractivity contribution < 1.29 is 9.72 Å². The number of nitrogens with zero attached hydrogens (tertiary/aromatic N) is 3. The predicted molar refractivity (Wildman–Crippen MR) is 126 cm³/mol. The highest BCUT2D eigenvalue weighted by Crippen LogP contribution is 2.21. The van der Waals surface area contributed by atoms with Crippen LogP contribution in [0.3, 0.4) is 0 Å². The number of thioether (sulfide) groups is 1. The van der Waals surface area contributed by atoms with Gasteiger partial charge in [0.05, 0.1) is 10.7 Å². The van der Waals surface area contributed by atoms with Gasteiger partial charge in [0, 0.05) is 61.5 Å². The lowest BCUT2D eigenvalue weighted by molar-refractivity contribution is -0.384. The number of anilines is 1. The van der Waals surface area contributed by atoms with Crippen LogP contribution in [0.15, 0.2) is 53.4 Å². The number of hydrogen-bond acceptors (Lipinski definition) is 6. The maximum atomic E-state index is 12.2.